The Labute approximate surface area is 142 Å². The van der Waals surface area contributed by atoms with Crippen LogP contribution in [0.3, 0.4) is 0 Å². The van der Waals surface area contributed by atoms with Crippen LogP contribution < -0.4 is 0 Å². The van der Waals surface area contributed by atoms with Crippen molar-refractivity contribution in [3.8, 4) is 0 Å². The lowest BCUT2D eigenvalue weighted by Gasteiger charge is -2.44. The van der Waals surface area contributed by atoms with Gasteiger partial charge in [-0.2, -0.15) is 0 Å². The zero-order valence-corrected chi connectivity index (χ0v) is 13.5. The molecule has 1 fully saturated rings. The van der Waals surface area contributed by atoms with Gasteiger partial charge in [0, 0.05) is 11.8 Å². The molecule has 4 bridgehead atoms. The van der Waals surface area contributed by atoms with Gasteiger partial charge in [-0.15, -0.1) is 0 Å². The zero-order chi connectivity index (χ0) is 16.3. The molecule has 0 aromatic rings. The van der Waals surface area contributed by atoms with Crippen molar-refractivity contribution in [2.75, 3.05) is 0 Å². The highest BCUT2D eigenvalue weighted by Crippen LogP contribution is 2.54. The number of rotatable bonds is 0. The molecule has 0 radical (unpaired) electrons. The van der Waals surface area contributed by atoms with Gasteiger partial charge >= 0.3 is 0 Å². The number of carbonyl (C=O) groups is 2. The molecular formula is C22H20O2. The summed E-state index contributed by atoms with van der Waals surface area (Å²) in [4.78, 5) is 24.8. The maximum absolute atomic E-state index is 12.4. The molecule has 1 saturated carbocycles. The molecule has 5 rings (SSSR count). The average molecular weight is 316 g/mol. The Bertz CT molecular complexity index is 734. The predicted octanol–water partition coefficient (Wildman–Crippen LogP) is 3.75. The molecule has 0 N–H and O–H groups in total. The van der Waals surface area contributed by atoms with Crippen LogP contribution in [0.2, 0.25) is 0 Å². The third-order valence-electron chi connectivity index (χ3n) is 6.46. The van der Waals surface area contributed by atoms with Gasteiger partial charge in [0.05, 0.1) is 0 Å². The van der Waals surface area contributed by atoms with E-state index in [-0.39, 0.29) is 23.4 Å². The average Bonchev–Trinajstić information content (AvgIpc) is 3.04. The molecule has 5 aliphatic rings. The first-order valence-electron chi connectivity index (χ1n) is 8.93. The lowest BCUT2D eigenvalue weighted by molar-refractivity contribution is -0.118. The SMILES string of the molecule is O=C1C=C[C@H]2[C@@H]3C=CC(=O)[C@@H]4C=CC=C(C5=CC=C[C@@H]1C[C@H]52)[C@@H]3C4. The molecule has 2 nitrogen and oxygen atoms in total. The summed E-state index contributed by atoms with van der Waals surface area (Å²) in [5.41, 5.74) is 2.76. The Kier molecular flexibility index (Phi) is 3.03. The van der Waals surface area contributed by atoms with E-state index in [9.17, 15) is 9.59 Å². The number of carbonyl (C=O) groups excluding carboxylic acids is 2. The Morgan fingerprint density at radius 2 is 1.12 bits per heavy atom. The molecule has 2 heteroatoms. The predicted molar refractivity (Wildman–Crippen MR) is 92.9 cm³/mol. The lowest BCUT2D eigenvalue weighted by atomic mass is 9.60. The summed E-state index contributed by atoms with van der Waals surface area (Å²) < 4.78 is 0. The van der Waals surface area contributed by atoms with Crippen LogP contribution in [0, 0.1) is 35.5 Å². The van der Waals surface area contributed by atoms with Crippen LogP contribution >= 0.6 is 0 Å². The van der Waals surface area contributed by atoms with Gasteiger partial charge in [-0.3, -0.25) is 9.59 Å². The van der Waals surface area contributed by atoms with Crippen LogP contribution in [-0.2, 0) is 9.59 Å². The highest BCUT2D eigenvalue weighted by atomic mass is 16.1. The van der Waals surface area contributed by atoms with E-state index in [0.29, 0.717) is 23.7 Å². The number of ketones is 2. The monoisotopic (exact) mass is 316 g/mol. The highest BCUT2D eigenvalue weighted by molar-refractivity contribution is 5.94. The van der Waals surface area contributed by atoms with Crippen molar-refractivity contribution in [3.63, 3.8) is 0 Å². The molecule has 0 unspecified atom stereocenters. The van der Waals surface area contributed by atoms with E-state index < -0.39 is 0 Å². The zero-order valence-electron chi connectivity index (χ0n) is 13.5. The quantitative estimate of drug-likeness (QED) is 0.682. The molecule has 0 amide bonds. The van der Waals surface area contributed by atoms with Crippen molar-refractivity contribution in [2.24, 2.45) is 35.5 Å². The van der Waals surface area contributed by atoms with E-state index in [4.69, 9.17) is 0 Å². The first-order chi connectivity index (χ1) is 11.7. The summed E-state index contributed by atoms with van der Waals surface area (Å²) in [6.45, 7) is 0. The number of allylic oxidation sites excluding steroid dienone is 12. The summed E-state index contributed by atoms with van der Waals surface area (Å²) in [5.74, 6) is 1.78. The molecule has 0 spiro atoms. The summed E-state index contributed by atoms with van der Waals surface area (Å²) in [6, 6.07) is 0. The van der Waals surface area contributed by atoms with E-state index in [2.05, 4.69) is 48.6 Å². The van der Waals surface area contributed by atoms with Crippen LogP contribution in [0.25, 0.3) is 0 Å². The second-order valence-electron chi connectivity index (χ2n) is 7.59. The summed E-state index contributed by atoms with van der Waals surface area (Å²) in [6.07, 6.45) is 22.3. The number of fused-ring (bicyclic) bond motifs is 4. The molecule has 0 aliphatic heterocycles. The van der Waals surface area contributed by atoms with Crippen LogP contribution in [0.5, 0.6) is 0 Å². The molecule has 6 atom stereocenters. The van der Waals surface area contributed by atoms with Crippen molar-refractivity contribution in [1.29, 1.82) is 0 Å². The molecule has 5 aliphatic carbocycles. The van der Waals surface area contributed by atoms with Crippen LogP contribution in [-0.4, -0.2) is 11.6 Å². The fourth-order valence-electron chi connectivity index (χ4n) is 5.28. The lowest BCUT2D eigenvalue weighted by Crippen LogP contribution is -2.36. The van der Waals surface area contributed by atoms with E-state index in [1.54, 1.807) is 12.2 Å². The van der Waals surface area contributed by atoms with Gasteiger partial charge in [-0.25, -0.2) is 0 Å². The van der Waals surface area contributed by atoms with Crippen molar-refractivity contribution in [3.05, 3.63) is 71.9 Å². The van der Waals surface area contributed by atoms with Gasteiger partial charge in [0.25, 0.3) is 0 Å². The second-order valence-corrected chi connectivity index (χ2v) is 7.59. The first kappa shape index (κ1) is 14.2. The highest BCUT2D eigenvalue weighted by Gasteiger charge is 2.46. The van der Waals surface area contributed by atoms with Crippen LogP contribution in [0.15, 0.2) is 71.9 Å². The minimum absolute atomic E-state index is 0.00684. The van der Waals surface area contributed by atoms with Crippen molar-refractivity contribution in [1.82, 2.24) is 0 Å². The first-order valence-corrected chi connectivity index (χ1v) is 8.93. The van der Waals surface area contributed by atoms with Gasteiger partial charge in [-0.1, -0.05) is 48.6 Å². The van der Waals surface area contributed by atoms with Gasteiger partial charge in [0.1, 0.15) is 0 Å². The normalized spacial score (nSPS) is 41.8. The molecule has 24 heavy (non-hydrogen) atoms. The van der Waals surface area contributed by atoms with Crippen LogP contribution in [0.4, 0.5) is 0 Å². The van der Waals surface area contributed by atoms with E-state index in [1.807, 2.05) is 0 Å². The second kappa shape index (κ2) is 5.14. The molecule has 0 saturated heterocycles. The smallest absolute Gasteiger partial charge is 0.162 e. The van der Waals surface area contributed by atoms with Gasteiger partial charge in [0.15, 0.2) is 11.6 Å². The van der Waals surface area contributed by atoms with E-state index in [1.165, 1.54) is 11.1 Å². The Morgan fingerprint density at radius 3 is 1.58 bits per heavy atom. The van der Waals surface area contributed by atoms with Crippen molar-refractivity contribution >= 4 is 11.6 Å². The third kappa shape index (κ3) is 1.95. The minimum atomic E-state index is -0.00684. The fraction of sp³-hybridized carbons (Fsp3) is 0.364. The topological polar surface area (TPSA) is 34.1 Å². The Hall–Kier alpha value is -2.22. The molecule has 120 valence electrons. The van der Waals surface area contributed by atoms with Crippen molar-refractivity contribution in [2.45, 2.75) is 12.8 Å². The van der Waals surface area contributed by atoms with Crippen LogP contribution in [0.1, 0.15) is 12.8 Å². The third-order valence-corrected chi connectivity index (χ3v) is 6.46. The maximum atomic E-state index is 12.4. The molecule has 0 heterocycles. The van der Waals surface area contributed by atoms with Gasteiger partial charge < -0.3 is 0 Å². The molecule has 0 aromatic heterocycles. The van der Waals surface area contributed by atoms with E-state index >= 15 is 0 Å². The maximum Gasteiger partial charge on any atom is 0.162 e. The summed E-state index contributed by atoms with van der Waals surface area (Å²) in [5, 5.41) is 0. The minimum Gasteiger partial charge on any atom is -0.294 e. The largest absolute Gasteiger partial charge is 0.294 e. The van der Waals surface area contributed by atoms with Crippen molar-refractivity contribution < 1.29 is 9.59 Å². The number of hydrogen-bond donors (Lipinski definition) is 0. The van der Waals surface area contributed by atoms with E-state index in [0.717, 1.165) is 12.8 Å². The van der Waals surface area contributed by atoms with Gasteiger partial charge in [-0.05, 0) is 59.8 Å². The number of hydrogen-bond acceptors (Lipinski definition) is 2. The Morgan fingerprint density at radius 1 is 0.667 bits per heavy atom. The summed E-state index contributed by atoms with van der Waals surface area (Å²) >= 11 is 0. The summed E-state index contributed by atoms with van der Waals surface area (Å²) in [7, 11) is 0. The fourth-order valence-corrected chi connectivity index (χ4v) is 5.28. The molecular weight excluding hydrogens is 296 g/mol. The van der Waals surface area contributed by atoms with Gasteiger partial charge in [0.2, 0.25) is 0 Å². The molecule has 0 aromatic carbocycles. The standard InChI is InChI=1S/C22H20O2/c23-21-9-7-17-18-8-10-22(24)14-4-2-6-16(20(18)12-14)15-5-1-3-13(21)11-19(15)17/h1-10,13-14,17-20H,11-12H2/t13-,14-,17+,18+,19-,20+/m1/s1. The Balaban J connectivity index is 1.71.